The lowest BCUT2D eigenvalue weighted by Crippen LogP contribution is -2.09. The molecule has 0 unspecified atom stereocenters. The Kier molecular flexibility index (Phi) is 6.24. The molecule has 0 aliphatic carbocycles. The first-order valence-corrected chi connectivity index (χ1v) is 10.2. The predicted molar refractivity (Wildman–Crippen MR) is 121 cm³/mol. The Morgan fingerprint density at radius 1 is 1.12 bits per heavy atom. The van der Waals surface area contributed by atoms with Gasteiger partial charge in [-0.1, -0.05) is 41.4 Å². The van der Waals surface area contributed by atoms with E-state index in [1.807, 2.05) is 6.92 Å². The van der Waals surface area contributed by atoms with Crippen LogP contribution in [-0.2, 0) is 9.53 Å². The van der Waals surface area contributed by atoms with E-state index in [4.69, 9.17) is 25.8 Å². The highest BCUT2D eigenvalue weighted by atomic mass is 35.5. The normalized spacial score (nSPS) is 14.1. The van der Waals surface area contributed by atoms with Gasteiger partial charge in [0, 0.05) is 0 Å². The van der Waals surface area contributed by atoms with Crippen LogP contribution in [0.25, 0.3) is 6.08 Å². The van der Waals surface area contributed by atoms with Gasteiger partial charge in [-0.2, -0.15) is 0 Å². The fourth-order valence-corrected chi connectivity index (χ4v) is 3.34. The Morgan fingerprint density at radius 3 is 2.55 bits per heavy atom. The average Bonchev–Trinajstić information content (AvgIpc) is 3.15. The maximum absolute atomic E-state index is 14.0. The van der Waals surface area contributed by atoms with E-state index in [0.717, 1.165) is 5.56 Å². The molecule has 6 nitrogen and oxygen atoms in total. The number of hydrogen-bond donors (Lipinski definition) is 0. The predicted octanol–water partition coefficient (Wildman–Crippen LogP) is 5.36. The Balaban J connectivity index is 1.63. The van der Waals surface area contributed by atoms with E-state index in [2.05, 4.69) is 4.99 Å². The molecule has 0 N–H and O–H groups in total. The van der Waals surface area contributed by atoms with Gasteiger partial charge in [0.2, 0.25) is 5.90 Å². The second-order valence-electron chi connectivity index (χ2n) is 7.11. The maximum Gasteiger partial charge on any atom is 0.363 e. The van der Waals surface area contributed by atoms with Gasteiger partial charge in [0.25, 0.3) is 0 Å². The molecule has 166 valence electrons. The number of ether oxygens (including phenoxy) is 3. The first kappa shape index (κ1) is 22.2. The van der Waals surface area contributed by atoms with E-state index in [1.165, 1.54) is 43.5 Å². The molecule has 0 saturated heterocycles. The van der Waals surface area contributed by atoms with Crippen LogP contribution >= 0.6 is 11.6 Å². The van der Waals surface area contributed by atoms with Crippen LogP contribution in [0, 0.1) is 12.7 Å². The highest BCUT2D eigenvalue weighted by Crippen LogP contribution is 2.38. The van der Waals surface area contributed by atoms with Crippen molar-refractivity contribution in [2.45, 2.75) is 6.92 Å². The monoisotopic (exact) mass is 465 g/mol. The largest absolute Gasteiger partial charge is 0.493 e. The number of cyclic esters (lactones) is 1. The minimum absolute atomic E-state index is 0.0384. The van der Waals surface area contributed by atoms with Crippen molar-refractivity contribution in [1.82, 2.24) is 0 Å². The summed E-state index contributed by atoms with van der Waals surface area (Å²) in [4.78, 5) is 28.8. The van der Waals surface area contributed by atoms with E-state index >= 15 is 0 Å². The minimum atomic E-state index is -0.738. The first-order chi connectivity index (χ1) is 15.9. The molecule has 0 spiro atoms. The van der Waals surface area contributed by atoms with E-state index < -0.39 is 17.8 Å². The van der Waals surface area contributed by atoms with Crippen molar-refractivity contribution in [2.75, 3.05) is 7.11 Å². The van der Waals surface area contributed by atoms with Gasteiger partial charge >= 0.3 is 11.9 Å². The lowest BCUT2D eigenvalue weighted by atomic mass is 10.1. The third-order valence-corrected chi connectivity index (χ3v) is 5.04. The van der Waals surface area contributed by atoms with Crippen molar-refractivity contribution < 1.29 is 28.2 Å². The molecule has 4 rings (SSSR count). The van der Waals surface area contributed by atoms with Gasteiger partial charge in [-0.25, -0.2) is 19.0 Å². The molecule has 3 aromatic rings. The van der Waals surface area contributed by atoms with E-state index in [0.29, 0.717) is 11.1 Å². The zero-order valence-corrected chi connectivity index (χ0v) is 18.4. The lowest BCUT2D eigenvalue weighted by Gasteiger charge is -2.12. The molecule has 0 saturated carbocycles. The Labute approximate surface area is 193 Å². The summed E-state index contributed by atoms with van der Waals surface area (Å²) >= 11 is 6.35. The first-order valence-electron chi connectivity index (χ1n) is 9.79. The number of benzene rings is 3. The number of nitrogens with zero attached hydrogens (tertiary/aromatic N) is 1. The van der Waals surface area contributed by atoms with Gasteiger partial charge in [0.1, 0.15) is 5.82 Å². The molecular formula is C25H17ClFNO5. The standard InChI is InChI=1S/C25H17ClFNO5/c1-14-7-9-16(10-8-14)24(29)32-22-18(26)11-15(13-21(22)31-2)12-20-25(30)33-23(28-20)17-5-3-4-6-19(17)27/h3-13H,1-2H3/b20-12-. The zero-order valence-electron chi connectivity index (χ0n) is 17.6. The second kappa shape index (κ2) is 9.26. The molecule has 0 fully saturated rings. The highest BCUT2D eigenvalue weighted by molar-refractivity contribution is 6.32. The third kappa shape index (κ3) is 4.78. The fraction of sp³-hybridized carbons (Fsp3) is 0.0800. The topological polar surface area (TPSA) is 74.2 Å². The SMILES string of the molecule is COc1cc(/C=C2\N=C(c3ccccc3F)OC2=O)cc(Cl)c1OC(=O)c1ccc(C)cc1. The van der Waals surface area contributed by atoms with Crippen LogP contribution in [0.2, 0.25) is 5.02 Å². The summed E-state index contributed by atoms with van der Waals surface area (Å²) in [6.45, 7) is 1.91. The van der Waals surface area contributed by atoms with Crippen LogP contribution in [0.15, 0.2) is 71.4 Å². The molecule has 0 atom stereocenters. The summed E-state index contributed by atoms with van der Waals surface area (Å²) < 4.78 is 29.9. The fourth-order valence-electron chi connectivity index (χ4n) is 3.08. The number of rotatable bonds is 5. The number of hydrogen-bond acceptors (Lipinski definition) is 6. The second-order valence-corrected chi connectivity index (χ2v) is 7.51. The van der Waals surface area contributed by atoms with Gasteiger partial charge < -0.3 is 14.2 Å². The molecule has 0 bridgehead atoms. The van der Waals surface area contributed by atoms with Crippen molar-refractivity contribution in [2.24, 2.45) is 4.99 Å². The van der Waals surface area contributed by atoms with Gasteiger partial charge in [-0.05, 0) is 55.0 Å². The van der Waals surface area contributed by atoms with Crippen molar-refractivity contribution in [3.63, 3.8) is 0 Å². The van der Waals surface area contributed by atoms with Crippen LogP contribution in [0.5, 0.6) is 11.5 Å². The van der Waals surface area contributed by atoms with Gasteiger partial charge in [-0.15, -0.1) is 0 Å². The summed E-state index contributed by atoms with van der Waals surface area (Å²) in [7, 11) is 1.39. The lowest BCUT2D eigenvalue weighted by molar-refractivity contribution is -0.129. The van der Waals surface area contributed by atoms with Gasteiger partial charge in [-0.3, -0.25) is 0 Å². The third-order valence-electron chi connectivity index (χ3n) is 4.76. The van der Waals surface area contributed by atoms with Crippen molar-refractivity contribution in [1.29, 1.82) is 0 Å². The van der Waals surface area contributed by atoms with E-state index in [9.17, 15) is 14.0 Å². The number of aliphatic imine (C=N–C) groups is 1. The van der Waals surface area contributed by atoms with Crippen molar-refractivity contribution in [3.8, 4) is 11.5 Å². The summed E-state index contributed by atoms with van der Waals surface area (Å²) in [5.41, 5.74) is 1.83. The summed E-state index contributed by atoms with van der Waals surface area (Å²) in [6, 6.07) is 15.7. The molecule has 1 heterocycles. The smallest absolute Gasteiger partial charge is 0.363 e. The van der Waals surface area contributed by atoms with Crippen LogP contribution < -0.4 is 9.47 Å². The molecule has 1 aliphatic heterocycles. The summed E-state index contributed by atoms with van der Waals surface area (Å²) in [5.74, 6) is -1.81. The molecule has 0 amide bonds. The Bertz CT molecular complexity index is 1310. The van der Waals surface area contributed by atoms with Crippen LogP contribution in [0.1, 0.15) is 27.0 Å². The Morgan fingerprint density at radius 2 is 1.85 bits per heavy atom. The number of halogens is 2. The summed E-state index contributed by atoms with van der Waals surface area (Å²) in [5, 5.41) is 0.0892. The van der Waals surface area contributed by atoms with E-state index in [-0.39, 0.29) is 33.7 Å². The van der Waals surface area contributed by atoms with E-state index in [1.54, 1.807) is 30.3 Å². The average molecular weight is 466 g/mol. The van der Waals surface area contributed by atoms with Crippen LogP contribution in [0.3, 0.4) is 0 Å². The molecule has 0 aromatic heterocycles. The number of methoxy groups -OCH3 is 1. The number of esters is 2. The molecular weight excluding hydrogens is 449 g/mol. The molecule has 8 heteroatoms. The molecule has 0 radical (unpaired) electrons. The van der Waals surface area contributed by atoms with Crippen molar-refractivity contribution in [3.05, 3.63) is 99.5 Å². The van der Waals surface area contributed by atoms with Gasteiger partial charge in [0.05, 0.1) is 23.3 Å². The van der Waals surface area contributed by atoms with Gasteiger partial charge in [0.15, 0.2) is 17.2 Å². The molecule has 3 aromatic carbocycles. The zero-order chi connectivity index (χ0) is 23.5. The maximum atomic E-state index is 14.0. The van der Waals surface area contributed by atoms with Crippen molar-refractivity contribution >= 4 is 35.5 Å². The molecule has 1 aliphatic rings. The minimum Gasteiger partial charge on any atom is -0.493 e. The quantitative estimate of drug-likeness (QED) is 0.288. The Hall–Kier alpha value is -3.97. The molecule has 33 heavy (non-hydrogen) atoms. The highest BCUT2D eigenvalue weighted by Gasteiger charge is 2.26. The van der Waals surface area contributed by atoms with Crippen LogP contribution in [0.4, 0.5) is 4.39 Å². The number of carbonyl (C=O) groups excluding carboxylic acids is 2. The number of carbonyl (C=O) groups is 2. The summed E-state index contributed by atoms with van der Waals surface area (Å²) in [6.07, 6.45) is 1.41. The van der Waals surface area contributed by atoms with Crippen LogP contribution in [-0.4, -0.2) is 24.9 Å². The number of aryl methyl sites for hydroxylation is 1.